The molecule has 2 aromatic carbocycles. The van der Waals surface area contributed by atoms with Crippen LogP contribution in [0.3, 0.4) is 0 Å². The molecule has 2 amide bonds. The van der Waals surface area contributed by atoms with E-state index in [1.165, 1.54) is 0 Å². The van der Waals surface area contributed by atoms with Crippen molar-refractivity contribution in [3.05, 3.63) is 68.9 Å². The molecule has 7 heteroatoms. The quantitative estimate of drug-likeness (QED) is 0.359. The maximum atomic E-state index is 12.7. The summed E-state index contributed by atoms with van der Waals surface area (Å²) in [5.41, 5.74) is 3.93. The molecule has 132 valence electrons. The molecule has 0 saturated carbocycles. The van der Waals surface area contributed by atoms with Gasteiger partial charge < -0.3 is 9.97 Å². The van der Waals surface area contributed by atoms with Gasteiger partial charge in [0.1, 0.15) is 0 Å². The predicted octanol–water partition coefficient (Wildman–Crippen LogP) is 4.74. The summed E-state index contributed by atoms with van der Waals surface area (Å²) in [5, 5.41) is 4.20. The molecule has 27 heavy (non-hydrogen) atoms. The monoisotopic (exact) mass is 483 g/mol. The van der Waals surface area contributed by atoms with Gasteiger partial charge in [-0.25, -0.2) is 0 Å². The van der Waals surface area contributed by atoms with Crippen LogP contribution in [0.5, 0.6) is 0 Å². The number of fused-ring (bicyclic) bond motifs is 2. The van der Waals surface area contributed by atoms with Crippen molar-refractivity contribution in [2.24, 2.45) is 0 Å². The number of benzene rings is 2. The molecule has 0 fully saturated rings. The van der Waals surface area contributed by atoms with E-state index in [9.17, 15) is 9.59 Å². The van der Waals surface area contributed by atoms with Crippen molar-refractivity contribution in [3.8, 4) is 0 Å². The Kier molecular flexibility index (Phi) is 3.63. The minimum Gasteiger partial charge on any atom is -0.360 e. The zero-order valence-electron chi connectivity index (χ0n) is 13.7. The number of rotatable bonds is 2. The van der Waals surface area contributed by atoms with Crippen LogP contribution in [0.2, 0.25) is 0 Å². The molecule has 0 radical (unpaired) electrons. The minimum absolute atomic E-state index is 0.380. The van der Waals surface area contributed by atoms with Gasteiger partial charge in [-0.1, -0.05) is 24.3 Å². The van der Waals surface area contributed by atoms with Crippen LogP contribution in [-0.2, 0) is 9.59 Å². The Labute approximate surface area is 170 Å². The SMILES string of the molecule is O=C1NC(=O)C(c2c[nH]c3c(Br)cccc23)=C1c1c[nH]c2c(Br)cccc12. The highest BCUT2D eigenvalue weighted by Gasteiger charge is 2.34. The van der Waals surface area contributed by atoms with Gasteiger partial charge in [0.25, 0.3) is 11.8 Å². The average molecular weight is 485 g/mol. The lowest BCUT2D eigenvalue weighted by Crippen LogP contribution is -2.22. The molecule has 4 aromatic rings. The molecule has 0 aliphatic carbocycles. The molecular formula is C20H11Br2N3O2. The van der Waals surface area contributed by atoms with E-state index >= 15 is 0 Å². The van der Waals surface area contributed by atoms with Gasteiger partial charge in [0, 0.05) is 43.2 Å². The van der Waals surface area contributed by atoms with Crippen LogP contribution in [0.15, 0.2) is 57.7 Å². The van der Waals surface area contributed by atoms with Gasteiger partial charge in [-0.05, 0) is 44.0 Å². The number of H-pyrrole nitrogens is 2. The van der Waals surface area contributed by atoms with Crippen molar-refractivity contribution in [3.63, 3.8) is 0 Å². The Balaban J connectivity index is 1.85. The first kappa shape index (κ1) is 16.5. The number of hydrogen-bond donors (Lipinski definition) is 3. The third kappa shape index (κ3) is 2.35. The summed E-state index contributed by atoms with van der Waals surface area (Å²) >= 11 is 7.03. The molecule has 5 rings (SSSR count). The lowest BCUT2D eigenvalue weighted by molar-refractivity contribution is -0.122. The van der Waals surface area contributed by atoms with Crippen LogP contribution < -0.4 is 5.32 Å². The highest BCUT2D eigenvalue weighted by atomic mass is 79.9. The molecule has 0 bridgehead atoms. The summed E-state index contributed by atoms with van der Waals surface area (Å²) in [5.74, 6) is -0.777. The largest absolute Gasteiger partial charge is 0.360 e. The molecule has 0 saturated heterocycles. The fraction of sp³-hybridized carbons (Fsp3) is 0. The van der Waals surface area contributed by atoms with Crippen LogP contribution in [-0.4, -0.2) is 21.8 Å². The zero-order chi connectivity index (χ0) is 18.7. The Hall–Kier alpha value is -2.64. The number of carbonyl (C=O) groups excluding carboxylic acids is 2. The predicted molar refractivity (Wildman–Crippen MR) is 112 cm³/mol. The summed E-state index contributed by atoms with van der Waals surface area (Å²) < 4.78 is 1.79. The third-order valence-corrected chi connectivity index (χ3v) is 6.12. The number of aromatic nitrogens is 2. The first-order valence-corrected chi connectivity index (χ1v) is 9.76. The molecule has 3 N–H and O–H groups in total. The van der Waals surface area contributed by atoms with Crippen LogP contribution in [0, 0.1) is 0 Å². The van der Waals surface area contributed by atoms with Crippen LogP contribution >= 0.6 is 31.9 Å². The number of amides is 2. The van der Waals surface area contributed by atoms with Crippen molar-refractivity contribution < 1.29 is 9.59 Å². The fourth-order valence-corrected chi connectivity index (χ4v) is 4.58. The first-order chi connectivity index (χ1) is 13.1. The zero-order valence-corrected chi connectivity index (χ0v) is 16.9. The van der Waals surface area contributed by atoms with Crippen molar-refractivity contribution >= 4 is 76.6 Å². The number of para-hydroxylation sites is 2. The second-order valence-electron chi connectivity index (χ2n) is 6.26. The molecule has 0 atom stereocenters. The number of halogens is 2. The first-order valence-electron chi connectivity index (χ1n) is 8.18. The number of imide groups is 1. The van der Waals surface area contributed by atoms with E-state index in [4.69, 9.17) is 0 Å². The molecule has 3 heterocycles. The van der Waals surface area contributed by atoms with Gasteiger partial charge in [-0.15, -0.1) is 0 Å². The van der Waals surface area contributed by atoms with Crippen LogP contribution in [0.4, 0.5) is 0 Å². The van der Waals surface area contributed by atoms with Gasteiger partial charge in [-0.2, -0.15) is 0 Å². The van der Waals surface area contributed by atoms with E-state index in [-0.39, 0.29) is 11.8 Å². The van der Waals surface area contributed by atoms with Gasteiger partial charge in [0.15, 0.2) is 0 Å². The Bertz CT molecular complexity index is 1210. The van der Waals surface area contributed by atoms with Crippen molar-refractivity contribution in [1.82, 2.24) is 15.3 Å². The number of aromatic amines is 2. The van der Waals surface area contributed by atoms with Gasteiger partial charge in [0.05, 0.1) is 22.2 Å². The normalized spacial score (nSPS) is 14.6. The van der Waals surface area contributed by atoms with E-state index < -0.39 is 0 Å². The number of nitrogens with one attached hydrogen (secondary N) is 3. The van der Waals surface area contributed by atoms with Crippen LogP contribution in [0.25, 0.3) is 33.0 Å². The third-order valence-electron chi connectivity index (χ3n) is 4.80. The molecule has 0 spiro atoms. The van der Waals surface area contributed by atoms with E-state index in [0.717, 1.165) is 30.8 Å². The van der Waals surface area contributed by atoms with Crippen molar-refractivity contribution in [2.45, 2.75) is 0 Å². The maximum absolute atomic E-state index is 12.7. The van der Waals surface area contributed by atoms with Crippen molar-refractivity contribution in [2.75, 3.05) is 0 Å². The van der Waals surface area contributed by atoms with E-state index in [0.29, 0.717) is 22.3 Å². The Morgan fingerprint density at radius 3 is 1.56 bits per heavy atom. The minimum atomic E-state index is -0.389. The topological polar surface area (TPSA) is 77.8 Å². The second-order valence-corrected chi connectivity index (χ2v) is 7.97. The summed E-state index contributed by atoms with van der Waals surface area (Å²) in [4.78, 5) is 31.8. The van der Waals surface area contributed by atoms with Gasteiger partial charge in [-0.3, -0.25) is 14.9 Å². The maximum Gasteiger partial charge on any atom is 0.259 e. The summed E-state index contributed by atoms with van der Waals surface area (Å²) in [6.45, 7) is 0. The molecule has 2 aromatic heterocycles. The Morgan fingerprint density at radius 2 is 1.11 bits per heavy atom. The molecule has 1 aliphatic rings. The Morgan fingerprint density at radius 1 is 0.667 bits per heavy atom. The van der Waals surface area contributed by atoms with E-state index in [1.54, 1.807) is 12.4 Å². The lowest BCUT2D eigenvalue weighted by atomic mass is 9.95. The number of hydrogen-bond acceptors (Lipinski definition) is 2. The van der Waals surface area contributed by atoms with Gasteiger partial charge in [0.2, 0.25) is 0 Å². The van der Waals surface area contributed by atoms with Crippen LogP contribution in [0.1, 0.15) is 11.1 Å². The molecule has 1 aliphatic heterocycles. The van der Waals surface area contributed by atoms with E-state index in [1.807, 2.05) is 36.4 Å². The number of carbonyl (C=O) groups is 2. The summed E-state index contributed by atoms with van der Waals surface area (Å²) in [6.07, 6.45) is 3.54. The highest BCUT2D eigenvalue weighted by Crippen LogP contribution is 2.39. The standard InChI is InChI=1S/C20H11Br2N3O2/c21-13-5-1-3-9-11(7-23-17(9)13)15-16(20(27)25-19(15)26)12-8-24-18-10(12)4-2-6-14(18)22/h1-8,23-24H,(H,25,26,27). The highest BCUT2D eigenvalue weighted by molar-refractivity contribution is 9.11. The molecule has 0 unspecified atom stereocenters. The van der Waals surface area contributed by atoms with Gasteiger partial charge >= 0.3 is 0 Å². The summed E-state index contributed by atoms with van der Waals surface area (Å²) in [7, 11) is 0. The van der Waals surface area contributed by atoms with Crippen molar-refractivity contribution in [1.29, 1.82) is 0 Å². The molecular weight excluding hydrogens is 474 g/mol. The summed E-state index contributed by atoms with van der Waals surface area (Å²) in [6, 6.07) is 11.5. The smallest absolute Gasteiger partial charge is 0.259 e. The average Bonchev–Trinajstić information content (AvgIpc) is 3.31. The second kappa shape index (κ2) is 5.94. The molecule has 5 nitrogen and oxygen atoms in total. The van der Waals surface area contributed by atoms with E-state index in [2.05, 4.69) is 47.1 Å². The lowest BCUT2D eigenvalue weighted by Gasteiger charge is -2.03. The fourth-order valence-electron chi connectivity index (χ4n) is 3.62.